The number of pyridine rings is 1. The van der Waals surface area contributed by atoms with Crippen LogP contribution in [-0.4, -0.2) is 41.0 Å². The van der Waals surface area contributed by atoms with Crippen LogP contribution in [0.15, 0.2) is 36.5 Å². The summed E-state index contributed by atoms with van der Waals surface area (Å²) in [5, 5.41) is 6.62. The molecule has 3 rings (SSSR count). The van der Waals surface area contributed by atoms with Crippen molar-refractivity contribution < 1.29 is 9.59 Å². The molecule has 1 atom stereocenters. The Hall–Kier alpha value is -2.63. The molecule has 1 fully saturated rings. The first kappa shape index (κ1) is 15.3. The average Bonchev–Trinajstić information content (AvgIpc) is 2.87. The lowest BCUT2D eigenvalue weighted by atomic mass is 10.2. The number of carbonyl (C=O) groups is 2. The quantitative estimate of drug-likeness (QED) is 0.910. The SMILES string of the molecule is CCCN1C[C@H](NC(=O)Nc2cccc3ncccc23)CC1=O. The van der Waals surface area contributed by atoms with Crippen molar-refractivity contribution in [3.63, 3.8) is 0 Å². The Morgan fingerprint density at radius 1 is 1.35 bits per heavy atom. The fourth-order valence-corrected chi connectivity index (χ4v) is 2.91. The molecule has 0 radical (unpaired) electrons. The molecule has 0 saturated carbocycles. The highest BCUT2D eigenvalue weighted by atomic mass is 16.2. The number of likely N-dealkylation sites (tertiary alicyclic amines) is 1. The Morgan fingerprint density at radius 3 is 3.04 bits per heavy atom. The summed E-state index contributed by atoms with van der Waals surface area (Å²) >= 11 is 0. The molecule has 2 N–H and O–H groups in total. The monoisotopic (exact) mass is 312 g/mol. The maximum atomic E-state index is 12.2. The van der Waals surface area contributed by atoms with Crippen LogP contribution in [-0.2, 0) is 4.79 Å². The van der Waals surface area contributed by atoms with Crippen molar-refractivity contribution in [2.45, 2.75) is 25.8 Å². The van der Waals surface area contributed by atoms with E-state index < -0.39 is 0 Å². The summed E-state index contributed by atoms with van der Waals surface area (Å²) in [7, 11) is 0. The van der Waals surface area contributed by atoms with E-state index in [1.54, 1.807) is 11.1 Å². The largest absolute Gasteiger partial charge is 0.341 e. The summed E-state index contributed by atoms with van der Waals surface area (Å²) in [6.45, 7) is 3.36. The van der Waals surface area contributed by atoms with Gasteiger partial charge >= 0.3 is 6.03 Å². The van der Waals surface area contributed by atoms with Gasteiger partial charge in [0.05, 0.1) is 17.2 Å². The molecule has 0 unspecified atom stereocenters. The van der Waals surface area contributed by atoms with Gasteiger partial charge in [0.1, 0.15) is 0 Å². The van der Waals surface area contributed by atoms with Gasteiger partial charge in [-0.25, -0.2) is 4.79 Å². The molecule has 0 aliphatic carbocycles. The fraction of sp³-hybridized carbons (Fsp3) is 0.353. The lowest BCUT2D eigenvalue weighted by Crippen LogP contribution is -2.39. The van der Waals surface area contributed by atoms with Gasteiger partial charge in [0.25, 0.3) is 0 Å². The Labute approximate surface area is 134 Å². The number of urea groups is 1. The minimum atomic E-state index is -0.294. The van der Waals surface area contributed by atoms with E-state index in [1.165, 1.54) is 0 Å². The van der Waals surface area contributed by atoms with Gasteiger partial charge in [-0.3, -0.25) is 9.78 Å². The second-order valence-electron chi connectivity index (χ2n) is 5.71. The van der Waals surface area contributed by atoms with Gasteiger partial charge in [0, 0.05) is 31.1 Å². The molecule has 2 heterocycles. The number of nitrogens with zero attached hydrogens (tertiary/aromatic N) is 2. The van der Waals surface area contributed by atoms with Crippen molar-refractivity contribution in [2.24, 2.45) is 0 Å². The number of hydrogen-bond donors (Lipinski definition) is 2. The predicted molar refractivity (Wildman–Crippen MR) is 89.2 cm³/mol. The lowest BCUT2D eigenvalue weighted by molar-refractivity contribution is -0.127. The fourth-order valence-electron chi connectivity index (χ4n) is 2.91. The molecule has 0 spiro atoms. The number of amides is 3. The van der Waals surface area contributed by atoms with E-state index >= 15 is 0 Å². The molecule has 1 aromatic heterocycles. The van der Waals surface area contributed by atoms with Crippen molar-refractivity contribution in [2.75, 3.05) is 18.4 Å². The summed E-state index contributed by atoms with van der Waals surface area (Å²) in [4.78, 5) is 30.1. The highest BCUT2D eigenvalue weighted by Gasteiger charge is 2.29. The Balaban J connectivity index is 1.64. The zero-order valence-corrected chi connectivity index (χ0v) is 13.1. The van der Waals surface area contributed by atoms with Crippen molar-refractivity contribution >= 4 is 28.5 Å². The molecule has 1 aliphatic rings. The molecule has 23 heavy (non-hydrogen) atoms. The van der Waals surface area contributed by atoms with Crippen LogP contribution >= 0.6 is 0 Å². The van der Waals surface area contributed by atoms with E-state index in [0.29, 0.717) is 18.7 Å². The van der Waals surface area contributed by atoms with Gasteiger partial charge in [0.2, 0.25) is 5.91 Å². The van der Waals surface area contributed by atoms with Crippen LogP contribution in [0.4, 0.5) is 10.5 Å². The van der Waals surface area contributed by atoms with E-state index in [-0.39, 0.29) is 18.0 Å². The number of rotatable bonds is 4. The van der Waals surface area contributed by atoms with Crippen LogP contribution in [0.1, 0.15) is 19.8 Å². The molecule has 1 aliphatic heterocycles. The number of nitrogens with one attached hydrogen (secondary N) is 2. The summed E-state index contributed by atoms with van der Waals surface area (Å²) in [6.07, 6.45) is 3.01. The van der Waals surface area contributed by atoms with E-state index in [0.717, 1.165) is 23.9 Å². The zero-order valence-electron chi connectivity index (χ0n) is 13.1. The summed E-state index contributed by atoms with van der Waals surface area (Å²) < 4.78 is 0. The minimum Gasteiger partial charge on any atom is -0.341 e. The van der Waals surface area contributed by atoms with Crippen molar-refractivity contribution in [3.05, 3.63) is 36.5 Å². The predicted octanol–water partition coefficient (Wildman–Crippen LogP) is 2.37. The molecule has 120 valence electrons. The molecule has 6 nitrogen and oxygen atoms in total. The zero-order chi connectivity index (χ0) is 16.2. The van der Waals surface area contributed by atoms with Gasteiger partial charge in [0.15, 0.2) is 0 Å². The first-order valence-corrected chi connectivity index (χ1v) is 7.86. The van der Waals surface area contributed by atoms with Crippen LogP contribution in [0.25, 0.3) is 10.9 Å². The van der Waals surface area contributed by atoms with E-state index in [4.69, 9.17) is 0 Å². The van der Waals surface area contributed by atoms with Crippen molar-refractivity contribution in [3.8, 4) is 0 Å². The number of anilines is 1. The highest BCUT2D eigenvalue weighted by Crippen LogP contribution is 2.21. The number of hydrogen-bond acceptors (Lipinski definition) is 3. The Morgan fingerprint density at radius 2 is 2.22 bits per heavy atom. The highest BCUT2D eigenvalue weighted by molar-refractivity contribution is 6.00. The smallest absolute Gasteiger partial charge is 0.319 e. The molecule has 2 aromatic rings. The van der Waals surface area contributed by atoms with E-state index in [2.05, 4.69) is 15.6 Å². The Kier molecular flexibility index (Phi) is 4.41. The summed E-state index contributed by atoms with van der Waals surface area (Å²) in [5.41, 5.74) is 1.54. The molecule has 3 amide bonds. The standard InChI is InChI=1S/C17H20N4O2/c1-2-9-21-11-12(10-16(21)22)19-17(23)20-15-7-3-6-14-13(15)5-4-8-18-14/h3-8,12H,2,9-11H2,1H3,(H2,19,20,23)/t12-/m1/s1. The first-order chi connectivity index (χ1) is 11.2. The van der Waals surface area contributed by atoms with Crippen LogP contribution < -0.4 is 10.6 Å². The third-order valence-electron chi connectivity index (χ3n) is 3.94. The van der Waals surface area contributed by atoms with Crippen molar-refractivity contribution in [1.29, 1.82) is 0 Å². The molecule has 1 aromatic carbocycles. The van der Waals surface area contributed by atoms with Gasteiger partial charge in [-0.2, -0.15) is 0 Å². The summed E-state index contributed by atoms with van der Waals surface area (Å²) in [6, 6.07) is 8.92. The van der Waals surface area contributed by atoms with Gasteiger partial charge in [-0.05, 0) is 30.7 Å². The maximum Gasteiger partial charge on any atom is 0.319 e. The van der Waals surface area contributed by atoms with Gasteiger partial charge in [-0.1, -0.05) is 13.0 Å². The molecule has 6 heteroatoms. The minimum absolute atomic E-state index is 0.103. The van der Waals surface area contributed by atoms with Crippen LogP contribution in [0.3, 0.4) is 0 Å². The van der Waals surface area contributed by atoms with E-state index in [9.17, 15) is 9.59 Å². The third-order valence-corrected chi connectivity index (χ3v) is 3.94. The average molecular weight is 312 g/mol. The van der Waals surface area contributed by atoms with Gasteiger partial charge < -0.3 is 15.5 Å². The van der Waals surface area contributed by atoms with Crippen molar-refractivity contribution in [1.82, 2.24) is 15.2 Å². The molecular weight excluding hydrogens is 292 g/mol. The second kappa shape index (κ2) is 6.64. The Bertz CT molecular complexity index is 726. The first-order valence-electron chi connectivity index (χ1n) is 7.86. The number of carbonyl (C=O) groups excluding carboxylic acids is 2. The van der Waals surface area contributed by atoms with E-state index in [1.807, 2.05) is 37.3 Å². The topological polar surface area (TPSA) is 74.3 Å². The molecule has 1 saturated heterocycles. The normalized spacial score (nSPS) is 17.5. The molecule has 0 bridgehead atoms. The van der Waals surface area contributed by atoms with Crippen LogP contribution in [0.2, 0.25) is 0 Å². The van der Waals surface area contributed by atoms with Crippen LogP contribution in [0, 0.1) is 0 Å². The summed E-state index contributed by atoms with van der Waals surface area (Å²) in [5.74, 6) is 0.103. The number of benzene rings is 1. The number of fused-ring (bicyclic) bond motifs is 1. The second-order valence-corrected chi connectivity index (χ2v) is 5.71. The lowest BCUT2D eigenvalue weighted by Gasteiger charge is -2.16. The van der Waals surface area contributed by atoms with Crippen LogP contribution in [0.5, 0.6) is 0 Å². The molecular formula is C17H20N4O2. The third kappa shape index (κ3) is 3.41. The maximum absolute atomic E-state index is 12.2. The number of aromatic nitrogens is 1. The van der Waals surface area contributed by atoms with Gasteiger partial charge in [-0.15, -0.1) is 0 Å².